The van der Waals surface area contributed by atoms with Gasteiger partial charge in [-0.25, -0.2) is 4.90 Å². The quantitative estimate of drug-likeness (QED) is 0.408. The van der Waals surface area contributed by atoms with Gasteiger partial charge in [-0.2, -0.15) is 0 Å². The van der Waals surface area contributed by atoms with Gasteiger partial charge in [0.1, 0.15) is 0 Å². The summed E-state index contributed by atoms with van der Waals surface area (Å²) in [6, 6.07) is 19.0. The fourth-order valence-corrected chi connectivity index (χ4v) is 4.01. The second-order valence-corrected chi connectivity index (χ2v) is 7.32. The predicted molar refractivity (Wildman–Crippen MR) is 114 cm³/mol. The average molecular weight is 369 g/mol. The highest BCUT2D eigenvalue weighted by atomic mass is 16.2. The van der Waals surface area contributed by atoms with E-state index < -0.39 is 0 Å². The minimum Gasteiger partial charge on any atom is -0.268 e. The standard InChI is InChI=1S/C25H23NO2/c1-3-7-17(4-2)16-18-12-14-20(15-13-18)26-24(27)21-10-5-8-19-9-6-11-22(23(19)21)25(26)28/h3,5-6,8-15,17H,1,4,7,16H2,2H3. The van der Waals surface area contributed by atoms with Crippen molar-refractivity contribution in [3.8, 4) is 0 Å². The maximum absolute atomic E-state index is 13.1. The van der Waals surface area contributed by atoms with Gasteiger partial charge in [-0.3, -0.25) is 9.59 Å². The van der Waals surface area contributed by atoms with Crippen LogP contribution in [0.5, 0.6) is 0 Å². The number of imide groups is 1. The molecule has 0 aliphatic carbocycles. The van der Waals surface area contributed by atoms with Crippen LogP contribution in [0.2, 0.25) is 0 Å². The van der Waals surface area contributed by atoms with Crippen LogP contribution in [0.4, 0.5) is 5.69 Å². The molecule has 0 fully saturated rings. The van der Waals surface area contributed by atoms with Crippen LogP contribution in [-0.4, -0.2) is 11.8 Å². The number of nitrogens with zero attached hydrogens (tertiary/aromatic N) is 1. The van der Waals surface area contributed by atoms with Gasteiger partial charge in [-0.15, -0.1) is 6.58 Å². The number of hydrogen-bond acceptors (Lipinski definition) is 2. The van der Waals surface area contributed by atoms with Gasteiger partial charge in [0, 0.05) is 16.5 Å². The van der Waals surface area contributed by atoms with Gasteiger partial charge in [-0.05, 0) is 54.0 Å². The Morgan fingerprint density at radius 2 is 1.54 bits per heavy atom. The highest BCUT2D eigenvalue weighted by Gasteiger charge is 2.33. The maximum Gasteiger partial charge on any atom is 0.265 e. The Bertz CT molecular complexity index is 1010. The third-order valence-electron chi connectivity index (χ3n) is 5.57. The van der Waals surface area contributed by atoms with Gasteiger partial charge in [0.15, 0.2) is 0 Å². The second-order valence-electron chi connectivity index (χ2n) is 7.32. The van der Waals surface area contributed by atoms with E-state index in [-0.39, 0.29) is 11.8 Å². The number of allylic oxidation sites excluding steroid dienone is 1. The molecule has 1 aliphatic heterocycles. The maximum atomic E-state index is 13.1. The van der Waals surface area contributed by atoms with Crippen molar-refractivity contribution in [1.82, 2.24) is 0 Å². The van der Waals surface area contributed by atoms with Crippen LogP contribution in [0.15, 0.2) is 73.3 Å². The van der Waals surface area contributed by atoms with Crippen LogP contribution >= 0.6 is 0 Å². The Balaban J connectivity index is 1.68. The molecule has 1 atom stereocenters. The molecule has 1 aliphatic rings. The summed E-state index contributed by atoms with van der Waals surface area (Å²) < 4.78 is 0. The summed E-state index contributed by atoms with van der Waals surface area (Å²) in [7, 11) is 0. The first-order valence-corrected chi connectivity index (χ1v) is 9.74. The van der Waals surface area contributed by atoms with Crippen LogP contribution in [0.3, 0.4) is 0 Å². The second kappa shape index (κ2) is 7.43. The first kappa shape index (κ1) is 18.2. The lowest BCUT2D eigenvalue weighted by molar-refractivity contribution is 0.0893. The number of rotatable bonds is 6. The molecule has 140 valence electrons. The van der Waals surface area contributed by atoms with Gasteiger partial charge < -0.3 is 0 Å². The smallest absolute Gasteiger partial charge is 0.265 e. The molecule has 3 aromatic rings. The molecule has 0 aromatic heterocycles. The van der Waals surface area contributed by atoms with Gasteiger partial charge >= 0.3 is 0 Å². The number of carbonyl (C=O) groups is 2. The van der Waals surface area contributed by atoms with Crippen molar-refractivity contribution < 1.29 is 9.59 Å². The molecule has 0 saturated heterocycles. The lowest BCUT2D eigenvalue weighted by Gasteiger charge is -2.27. The van der Waals surface area contributed by atoms with Crippen molar-refractivity contribution in [3.63, 3.8) is 0 Å². The van der Waals surface area contributed by atoms with Crippen molar-refractivity contribution in [2.45, 2.75) is 26.2 Å². The van der Waals surface area contributed by atoms with E-state index in [2.05, 4.69) is 13.5 Å². The third-order valence-corrected chi connectivity index (χ3v) is 5.57. The Kier molecular flexibility index (Phi) is 4.82. The number of hydrogen-bond donors (Lipinski definition) is 0. The summed E-state index contributed by atoms with van der Waals surface area (Å²) in [6.07, 6.45) is 5.01. The van der Waals surface area contributed by atoms with Gasteiger partial charge in [-0.1, -0.05) is 55.8 Å². The first-order valence-electron chi connectivity index (χ1n) is 9.74. The molecule has 0 N–H and O–H groups in total. The Morgan fingerprint density at radius 1 is 0.929 bits per heavy atom. The van der Waals surface area contributed by atoms with E-state index in [4.69, 9.17) is 0 Å². The van der Waals surface area contributed by atoms with E-state index in [9.17, 15) is 9.59 Å². The molecule has 4 rings (SSSR count). The average Bonchev–Trinajstić information content (AvgIpc) is 2.72. The summed E-state index contributed by atoms with van der Waals surface area (Å²) in [4.78, 5) is 27.5. The van der Waals surface area contributed by atoms with Crippen molar-refractivity contribution in [2.75, 3.05) is 4.90 Å². The van der Waals surface area contributed by atoms with Crippen molar-refractivity contribution >= 4 is 28.3 Å². The molecule has 1 heterocycles. The highest BCUT2D eigenvalue weighted by molar-refractivity contribution is 6.35. The van der Waals surface area contributed by atoms with E-state index in [0.717, 1.165) is 30.0 Å². The largest absolute Gasteiger partial charge is 0.268 e. The van der Waals surface area contributed by atoms with Gasteiger partial charge in [0.2, 0.25) is 0 Å². The van der Waals surface area contributed by atoms with Crippen LogP contribution < -0.4 is 4.90 Å². The molecule has 0 radical (unpaired) electrons. The molecule has 2 amide bonds. The summed E-state index contributed by atoms with van der Waals surface area (Å²) in [5.41, 5.74) is 2.97. The van der Waals surface area contributed by atoms with Crippen LogP contribution in [0, 0.1) is 5.92 Å². The number of anilines is 1. The van der Waals surface area contributed by atoms with Crippen molar-refractivity contribution in [3.05, 3.63) is 90.0 Å². The fourth-order valence-electron chi connectivity index (χ4n) is 4.01. The molecular weight excluding hydrogens is 346 g/mol. The molecule has 3 nitrogen and oxygen atoms in total. The number of carbonyl (C=O) groups excluding carboxylic acids is 2. The zero-order valence-corrected chi connectivity index (χ0v) is 16.0. The van der Waals surface area contributed by atoms with Crippen molar-refractivity contribution in [1.29, 1.82) is 0 Å². The SMILES string of the molecule is C=CCC(CC)Cc1ccc(N2C(=O)c3cccc4cccc(c34)C2=O)cc1. The first-order chi connectivity index (χ1) is 13.6. The van der Waals surface area contributed by atoms with Crippen molar-refractivity contribution in [2.24, 2.45) is 5.92 Å². The summed E-state index contributed by atoms with van der Waals surface area (Å²) in [6.45, 7) is 6.02. The predicted octanol–water partition coefficient (Wildman–Crippen LogP) is 5.79. The monoisotopic (exact) mass is 369 g/mol. The third kappa shape index (κ3) is 3.03. The van der Waals surface area contributed by atoms with Gasteiger partial charge in [0.05, 0.1) is 5.69 Å². The Labute approximate surface area is 165 Å². The zero-order valence-electron chi connectivity index (χ0n) is 16.0. The van der Waals surface area contributed by atoms with Crippen LogP contribution in [-0.2, 0) is 6.42 Å². The Morgan fingerprint density at radius 3 is 2.07 bits per heavy atom. The minimum absolute atomic E-state index is 0.264. The molecule has 0 bridgehead atoms. The molecular formula is C25H23NO2. The van der Waals surface area contributed by atoms with Crippen LogP contribution in [0.1, 0.15) is 46.0 Å². The highest BCUT2D eigenvalue weighted by Crippen LogP contribution is 2.33. The van der Waals surface area contributed by atoms with E-state index in [1.54, 1.807) is 12.1 Å². The van der Waals surface area contributed by atoms with Gasteiger partial charge in [0.25, 0.3) is 11.8 Å². The molecule has 3 aromatic carbocycles. The van der Waals surface area contributed by atoms with E-state index in [1.807, 2.05) is 54.6 Å². The summed E-state index contributed by atoms with van der Waals surface area (Å²) in [5, 5.41) is 1.67. The normalized spacial score (nSPS) is 14.4. The van der Waals surface area contributed by atoms with E-state index >= 15 is 0 Å². The van der Waals surface area contributed by atoms with E-state index in [1.165, 1.54) is 10.5 Å². The lowest BCUT2D eigenvalue weighted by atomic mass is 9.92. The summed E-state index contributed by atoms with van der Waals surface area (Å²) >= 11 is 0. The zero-order chi connectivity index (χ0) is 19.7. The topological polar surface area (TPSA) is 37.4 Å². The summed E-state index contributed by atoms with van der Waals surface area (Å²) in [5.74, 6) is 0.0337. The number of benzene rings is 3. The lowest BCUT2D eigenvalue weighted by Crippen LogP contribution is -2.40. The van der Waals surface area contributed by atoms with E-state index in [0.29, 0.717) is 22.7 Å². The number of amides is 2. The molecule has 3 heteroatoms. The fraction of sp³-hybridized carbons (Fsp3) is 0.200. The molecule has 0 saturated carbocycles. The molecule has 0 spiro atoms. The minimum atomic E-state index is -0.264. The molecule has 28 heavy (non-hydrogen) atoms. The van der Waals surface area contributed by atoms with Crippen LogP contribution in [0.25, 0.3) is 10.8 Å². The molecule has 1 unspecified atom stereocenters. The Hall–Kier alpha value is -3.20.